The van der Waals surface area contributed by atoms with Crippen LogP contribution in [0.25, 0.3) is 0 Å². The van der Waals surface area contributed by atoms with Crippen LogP contribution in [0.15, 0.2) is 42.5 Å². The molecule has 1 amide bonds. The fraction of sp³-hybridized carbons (Fsp3) is 0.318. The van der Waals surface area contributed by atoms with Crippen LogP contribution in [-0.4, -0.2) is 48.7 Å². The van der Waals surface area contributed by atoms with Crippen LogP contribution >= 0.6 is 34.8 Å². The van der Waals surface area contributed by atoms with Crippen molar-refractivity contribution in [3.8, 4) is 11.8 Å². The van der Waals surface area contributed by atoms with Crippen LogP contribution in [0.3, 0.4) is 0 Å². The topological polar surface area (TPSA) is 32.8 Å². The normalized spacial score (nSPS) is 15.4. The van der Waals surface area contributed by atoms with E-state index in [1.807, 2.05) is 36.4 Å². The summed E-state index contributed by atoms with van der Waals surface area (Å²) >= 11 is 18.6. The van der Waals surface area contributed by atoms with Crippen molar-refractivity contribution in [2.45, 2.75) is 13.0 Å². The fourth-order valence-corrected chi connectivity index (χ4v) is 3.89. The number of halogens is 3. The Hall–Kier alpha value is -1.90. The summed E-state index contributed by atoms with van der Waals surface area (Å²) in [5, 5.41) is 1.78. The van der Waals surface area contributed by atoms with Gasteiger partial charge in [-0.25, -0.2) is 4.79 Å². The van der Waals surface area contributed by atoms with Gasteiger partial charge >= 0.3 is 6.09 Å². The average Bonchev–Trinajstić information content (AvgIpc) is 2.70. The van der Waals surface area contributed by atoms with Gasteiger partial charge in [-0.2, -0.15) is 0 Å². The van der Waals surface area contributed by atoms with E-state index in [0.717, 1.165) is 11.1 Å². The van der Waals surface area contributed by atoms with Crippen molar-refractivity contribution in [2.24, 2.45) is 0 Å². The molecular formula is C22H21Cl3N2O2. The highest BCUT2D eigenvalue weighted by Gasteiger charge is 2.28. The Kier molecular flexibility index (Phi) is 7.69. The van der Waals surface area contributed by atoms with Crippen LogP contribution in [0.2, 0.25) is 15.1 Å². The van der Waals surface area contributed by atoms with Crippen molar-refractivity contribution >= 4 is 40.9 Å². The van der Waals surface area contributed by atoms with Crippen molar-refractivity contribution in [3.63, 3.8) is 0 Å². The molecule has 1 saturated heterocycles. The fourth-order valence-electron chi connectivity index (χ4n) is 3.18. The van der Waals surface area contributed by atoms with E-state index in [1.165, 1.54) is 0 Å². The molecule has 0 saturated carbocycles. The molecule has 1 heterocycles. The van der Waals surface area contributed by atoms with Gasteiger partial charge in [0.25, 0.3) is 0 Å². The molecule has 0 aliphatic carbocycles. The highest BCUT2D eigenvalue weighted by atomic mass is 35.5. The number of carbonyl (C=O) groups is 1. The summed E-state index contributed by atoms with van der Waals surface area (Å²) in [5.74, 6) is 6.54. The number of piperazine rings is 1. The van der Waals surface area contributed by atoms with Gasteiger partial charge in [-0.15, -0.1) is 0 Å². The first-order valence-electron chi connectivity index (χ1n) is 9.35. The minimum absolute atomic E-state index is 0.233. The lowest BCUT2D eigenvalue weighted by atomic mass is 10.0. The minimum Gasteiger partial charge on any atom is -0.450 e. The molecule has 1 fully saturated rings. The number of nitrogens with zero attached hydrogens (tertiary/aromatic N) is 2. The maximum Gasteiger partial charge on any atom is 0.409 e. The number of carbonyl (C=O) groups excluding carboxylic acids is 1. The number of hydrogen-bond donors (Lipinski definition) is 0. The summed E-state index contributed by atoms with van der Waals surface area (Å²) in [5.41, 5.74) is 1.72. The Bertz CT molecular complexity index is 931. The van der Waals surface area contributed by atoms with Gasteiger partial charge in [-0.05, 0) is 37.3 Å². The largest absolute Gasteiger partial charge is 0.450 e. The van der Waals surface area contributed by atoms with Crippen LogP contribution in [0.5, 0.6) is 0 Å². The van der Waals surface area contributed by atoms with Crippen molar-refractivity contribution in [3.05, 3.63) is 68.7 Å². The van der Waals surface area contributed by atoms with E-state index in [-0.39, 0.29) is 12.1 Å². The lowest BCUT2D eigenvalue weighted by molar-refractivity contribution is 0.0735. The summed E-state index contributed by atoms with van der Waals surface area (Å²) < 4.78 is 5.10. The molecule has 1 aliphatic rings. The first-order chi connectivity index (χ1) is 14.0. The van der Waals surface area contributed by atoms with Crippen LogP contribution in [0.1, 0.15) is 24.1 Å². The molecular weight excluding hydrogens is 431 g/mol. The van der Waals surface area contributed by atoms with Gasteiger partial charge in [-0.3, -0.25) is 4.90 Å². The zero-order chi connectivity index (χ0) is 20.8. The van der Waals surface area contributed by atoms with Crippen molar-refractivity contribution in [1.29, 1.82) is 0 Å². The maximum absolute atomic E-state index is 12.0. The maximum atomic E-state index is 12.0. The van der Waals surface area contributed by atoms with E-state index in [0.29, 0.717) is 47.9 Å². The molecule has 0 radical (unpaired) electrons. The molecule has 4 nitrogen and oxygen atoms in total. The van der Waals surface area contributed by atoms with E-state index >= 15 is 0 Å². The molecule has 1 atom stereocenters. The lowest BCUT2D eigenvalue weighted by Gasteiger charge is -2.37. The van der Waals surface area contributed by atoms with Crippen molar-refractivity contribution in [1.82, 2.24) is 9.80 Å². The predicted octanol–water partition coefficient (Wildman–Crippen LogP) is 5.51. The Morgan fingerprint density at radius 2 is 1.79 bits per heavy atom. The van der Waals surface area contributed by atoms with Gasteiger partial charge in [0, 0.05) is 52.4 Å². The van der Waals surface area contributed by atoms with Gasteiger partial charge in [0.1, 0.15) is 0 Å². The number of rotatable bonds is 3. The first-order valence-corrected chi connectivity index (χ1v) is 10.5. The Labute approximate surface area is 186 Å². The van der Waals surface area contributed by atoms with E-state index in [2.05, 4.69) is 16.7 Å². The van der Waals surface area contributed by atoms with Gasteiger partial charge in [-0.1, -0.05) is 58.8 Å². The molecule has 0 aromatic heterocycles. The third-order valence-corrected chi connectivity index (χ3v) is 5.44. The molecule has 1 aliphatic heterocycles. The number of hydrogen-bond acceptors (Lipinski definition) is 3. The molecule has 2 aromatic carbocycles. The van der Waals surface area contributed by atoms with Crippen LogP contribution in [-0.2, 0) is 4.74 Å². The second kappa shape index (κ2) is 10.2. The highest BCUT2D eigenvalue weighted by molar-refractivity contribution is 6.35. The smallest absolute Gasteiger partial charge is 0.409 e. The summed E-state index contributed by atoms with van der Waals surface area (Å²) in [7, 11) is 0. The van der Waals surface area contributed by atoms with Gasteiger partial charge in [0.15, 0.2) is 0 Å². The second-order valence-electron chi connectivity index (χ2n) is 6.57. The molecule has 2 aromatic rings. The SMILES string of the molecule is CCOC(=O)N1CCN(C(C#Cc2cccc(Cl)c2)c2ccc(Cl)cc2Cl)CC1. The molecule has 0 bridgehead atoms. The summed E-state index contributed by atoms with van der Waals surface area (Å²) in [6, 6.07) is 12.6. The van der Waals surface area contributed by atoms with E-state index in [9.17, 15) is 4.79 Å². The van der Waals surface area contributed by atoms with Gasteiger partial charge in [0.05, 0.1) is 12.6 Å². The summed E-state index contributed by atoms with van der Waals surface area (Å²) in [6.45, 7) is 4.63. The van der Waals surface area contributed by atoms with Crippen LogP contribution < -0.4 is 0 Å². The number of amides is 1. The van der Waals surface area contributed by atoms with E-state index in [4.69, 9.17) is 39.5 Å². The summed E-state index contributed by atoms with van der Waals surface area (Å²) in [4.78, 5) is 15.9. The van der Waals surface area contributed by atoms with Crippen molar-refractivity contribution < 1.29 is 9.53 Å². The third-order valence-electron chi connectivity index (χ3n) is 4.64. The zero-order valence-corrected chi connectivity index (χ0v) is 18.3. The second-order valence-corrected chi connectivity index (χ2v) is 7.85. The number of ether oxygens (including phenoxy) is 1. The van der Waals surface area contributed by atoms with Crippen LogP contribution in [0, 0.1) is 11.8 Å². The molecule has 0 spiro atoms. The van der Waals surface area contributed by atoms with Crippen LogP contribution in [0.4, 0.5) is 4.79 Å². The third kappa shape index (κ3) is 5.81. The highest BCUT2D eigenvalue weighted by Crippen LogP contribution is 2.30. The monoisotopic (exact) mass is 450 g/mol. The first kappa shape index (κ1) is 21.8. The van der Waals surface area contributed by atoms with Gasteiger partial charge in [0.2, 0.25) is 0 Å². The minimum atomic E-state index is -0.279. The molecule has 152 valence electrons. The average molecular weight is 452 g/mol. The lowest BCUT2D eigenvalue weighted by Crippen LogP contribution is -2.49. The Morgan fingerprint density at radius 3 is 2.45 bits per heavy atom. The van der Waals surface area contributed by atoms with Crippen molar-refractivity contribution in [2.75, 3.05) is 32.8 Å². The molecule has 3 rings (SSSR count). The molecule has 29 heavy (non-hydrogen) atoms. The zero-order valence-electron chi connectivity index (χ0n) is 16.0. The van der Waals surface area contributed by atoms with E-state index in [1.54, 1.807) is 17.9 Å². The molecule has 7 heteroatoms. The molecule has 1 unspecified atom stereocenters. The summed E-state index contributed by atoms with van der Waals surface area (Å²) in [6.07, 6.45) is -0.279. The predicted molar refractivity (Wildman–Crippen MR) is 118 cm³/mol. The Balaban J connectivity index is 1.85. The van der Waals surface area contributed by atoms with Gasteiger partial charge < -0.3 is 9.64 Å². The quantitative estimate of drug-likeness (QED) is 0.577. The Morgan fingerprint density at radius 1 is 1.07 bits per heavy atom. The van der Waals surface area contributed by atoms with E-state index < -0.39 is 0 Å². The standard InChI is InChI=1S/C22H21Cl3N2O2/c1-2-29-22(28)27-12-10-26(11-13-27)21(19-8-7-18(24)15-20(19)25)9-6-16-4-3-5-17(23)14-16/h3-5,7-8,14-15,21H,2,10-13H2,1H3. The molecule has 0 N–H and O–H groups in total. The number of benzene rings is 2.